The fourth-order valence-electron chi connectivity index (χ4n) is 2.90. The molecule has 1 rings (SSSR count). The summed E-state index contributed by atoms with van der Waals surface area (Å²) in [5.74, 6) is 1.02. The average Bonchev–Trinajstić information content (AvgIpc) is 2.30. The highest BCUT2D eigenvalue weighted by Crippen LogP contribution is 2.26. The van der Waals surface area contributed by atoms with Crippen molar-refractivity contribution in [1.82, 2.24) is 5.32 Å². The minimum atomic E-state index is 0.800. The summed E-state index contributed by atoms with van der Waals surface area (Å²) in [6.45, 7) is 0.854. The number of carbonyl (C=O) groups is 1. The summed E-state index contributed by atoms with van der Waals surface area (Å²) in [7, 11) is 0. The van der Waals surface area contributed by atoms with Gasteiger partial charge >= 0.3 is 0 Å². The number of unbranched alkanes of at least 4 members (excludes halogenated alkanes) is 3. The Labute approximate surface area is 107 Å². The monoisotopic (exact) mass is 239 g/mol. The van der Waals surface area contributed by atoms with E-state index in [1.165, 1.54) is 70.6 Å². The normalized spacial score (nSPS) is 18.4. The Morgan fingerprint density at radius 3 is 2.24 bits per heavy atom. The largest absolute Gasteiger partial charge is 0.359 e. The SMILES string of the molecule is O=CNCCCCCCC1CCCCCCC1. The smallest absolute Gasteiger partial charge is 0.207 e. The van der Waals surface area contributed by atoms with Crippen LogP contribution < -0.4 is 5.32 Å². The molecule has 1 aliphatic carbocycles. The molecule has 0 spiro atoms. The van der Waals surface area contributed by atoms with Crippen LogP contribution in [0.3, 0.4) is 0 Å². The molecule has 0 radical (unpaired) electrons. The summed E-state index contributed by atoms with van der Waals surface area (Å²) in [4.78, 5) is 10.0. The first-order valence-electron chi connectivity index (χ1n) is 7.60. The third kappa shape index (κ3) is 8.23. The molecule has 1 saturated carbocycles. The van der Waals surface area contributed by atoms with Gasteiger partial charge in [-0.25, -0.2) is 0 Å². The highest BCUT2D eigenvalue weighted by Gasteiger charge is 2.10. The molecule has 1 aliphatic rings. The number of nitrogens with one attached hydrogen (secondary N) is 1. The molecule has 0 bridgehead atoms. The first kappa shape index (κ1) is 14.5. The fourth-order valence-corrected chi connectivity index (χ4v) is 2.90. The first-order valence-corrected chi connectivity index (χ1v) is 7.60. The van der Waals surface area contributed by atoms with Crippen LogP contribution in [0.1, 0.15) is 77.0 Å². The summed E-state index contributed by atoms with van der Waals surface area (Å²) < 4.78 is 0. The number of hydrogen-bond acceptors (Lipinski definition) is 1. The molecule has 0 aromatic carbocycles. The maximum absolute atomic E-state index is 10.0. The van der Waals surface area contributed by atoms with Crippen molar-refractivity contribution in [2.24, 2.45) is 5.92 Å². The molecule has 0 unspecified atom stereocenters. The van der Waals surface area contributed by atoms with Crippen LogP contribution in [0.5, 0.6) is 0 Å². The molecule has 1 fully saturated rings. The summed E-state index contributed by atoms with van der Waals surface area (Å²) in [6.07, 6.45) is 17.7. The maximum atomic E-state index is 10.0. The van der Waals surface area contributed by atoms with Gasteiger partial charge in [0.2, 0.25) is 6.41 Å². The van der Waals surface area contributed by atoms with E-state index >= 15 is 0 Å². The molecule has 0 heterocycles. The Bertz CT molecular complexity index is 174. The van der Waals surface area contributed by atoms with E-state index in [1.54, 1.807) is 0 Å². The van der Waals surface area contributed by atoms with E-state index in [4.69, 9.17) is 0 Å². The van der Waals surface area contributed by atoms with Crippen molar-refractivity contribution < 1.29 is 4.79 Å². The predicted molar refractivity (Wildman–Crippen MR) is 73.0 cm³/mol. The number of rotatable bonds is 8. The summed E-state index contributed by atoms with van der Waals surface area (Å²) >= 11 is 0. The van der Waals surface area contributed by atoms with Gasteiger partial charge in [-0.3, -0.25) is 4.79 Å². The number of carbonyl (C=O) groups excluding carboxylic acids is 1. The van der Waals surface area contributed by atoms with E-state index in [0.717, 1.165) is 25.3 Å². The zero-order valence-electron chi connectivity index (χ0n) is 11.3. The van der Waals surface area contributed by atoms with Gasteiger partial charge < -0.3 is 5.32 Å². The number of amides is 1. The van der Waals surface area contributed by atoms with Gasteiger partial charge in [-0.15, -0.1) is 0 Å². The standard InChI is InChI=1S/C15H29NO/c17-14-16-13-9-5-4-8-12-15-10-6-2-1-3-7-11-15/h14-15H,1-13H2,(H,16,17). The topological polar surface area (TPSA) is 29.1 Å². The van der Waals surface area contributed by atoms with Gasteiger partial charge in [-0.1, -0.05) is 70.6 Å². The summed E-state index contributed by atoms with van der Waals surface area (Å²) in [5.41, 5.74) is 0. The molecule has 1 amide bonds. The zero-order chi connectivity index (χ0) is 12.2. The van der Waals surface area contributed by atoms with Crippen molar-refractivity contribution in [3.05, 3.63) is 0 Å². The lowest BCUT2D eigenvalue weighted by atomic mass is 9.87. The van der Waals surface area contributed by atoms with E-state index in [-0.39, 0.29) is 0 Å². The molecule has 2 nitrogen and oxygen atoms in total. The van der Waals surface area contributed by atoms with E-state index in [2.05, 4.69) is 5.32 Å². The Balaban J connectivity index is 1.91. The molecule has 1 N–H and O–H groups in total. The van der Waals surface area contributed by atoms with E-state index in [0.29, 0.717) is 0 Å². The van der Waals surface area contributed by atoms with Gasteiger partial charge in [0.05, 0.1) is 0 Å². The second-order valence-corrected chi connectivity index (χ2v) is 5.49. The van der Waals surface area contributed by atoms with Gasteiger partial charge in [-0.05, 0) is 12.3 Å². The van der Waals surface area contributed by atoms with E-state index in [9.17, 15) is 4.79 Å². The van der Waals surface area contributed by atoms with Crippen LogP contribution in [0, 0.1) is 5.92 Å². The lowest BCUT2D eigenvalue weighted by Gasteiger charge is -2.19. The fraction of sp³-hybridized carbons (Fsp3) is 0.933. The van der Waals surface area contributed by atoms with Crippen LogP contribution in [-0.2, 0) is 4.79 Å². The molecule has 0 aromatic heterocycles. The third-order valence-corrected chi connectivity index (χ3v) is 3.99. The van der Waals surface area contributed by atoms with Gasteiger partial charge in [0, 0.05) is 6.54 Å². The summed E-state index contributed by atoms with van der Waals surface area (Å²) in [6, 6.07) is 0. The van der Waals surface area contributed by atoms with Crippen molar-refractivity contribution in [2.45, 2.75) is 77.0 Å². The van der Waals surface area contributed by atoms with Crippen molar-refractivity contribution in [1.29, 1.82) is 0 Å². The minimum Gasteiger partial charge on any atom is -0.359 e. The predicted octanol–water partition coefficient (Wildman–Crippen LogP) is 4.04. The van der Waals surface area contributed by atoms with E-state index < -0.39 is 0 Å². The van der Waals surface area contributed by atoms with Crippen LogP contribution in [0.25, 0.3) is 0 Å². The van der Waals surface area contributed by atoms with Crippen LogP contribution in [0.4, 0.5) is 0 Å². The maximum Gasteiger partial charge on any atom is 0.207 e. The lowest BCUT2D eigenvalue weighted by Crippen LogP contribution is -2.11. The van der Waals surface area contributed by atoms with Crippen LogP contribution in [0.15, 0.2) is 0 Å². The average molecular weight is 239 g/mol. The summed E-state index contributed by atoms with van der Waals surface area (Å²) in [5, 5.41) is 2.72. The third-order valence-electron chi connectivity index (χ3n) is 3.99. The lowest BCUT2D eigenvalue weighted by molar-refractivity contribution is -0.109. The highest BCUT2D eigenvalue weighted by atomic mass is 16.1. The minimum absolute atomic E-state index is 0.800. The molecule has 2 heteroatoms. The molecule has 0 aromatic rings. The molecule has 0 atom stereocenters. The van der Waals surface area contributed by atoms with Gasteiger partial charge in [-0.2, -0.15) is 0 Å². The Morgan fingerprint density at radius 1 is 0.882 bits per heavy atom. The highest BCUT2D eigenvalue weighted by molar-refractivity contribution is 5.45. The zero-order valence-corrected chi connectivity index (χ0v) is 11.3. The van der Waals surface area contributed by atoms with Gasteiger partial charge in [0.25, 0.3) is 0 Å². The van der Waals surface area contributed by atoms with Gasteiger partial charge in [0.1, 0.15) is 0 Å². The van der Waals surface area contributed by atoms with Crippen LogP contribution in [0.2, 0.25) is 0 Å². The second-order valence-electron chi connectivity index (χ2n) is 5.49. The van der Waals surface area contributed by atoms with Crippen LogP contribution >= 0.6 is 0 Å². The molecule has 100 valence electrons. The van der Waals surface area contributed by atoms with Crippen molar-refractivity contribution in [2.75, 3.05) is 6.54 Å². The quantitative estimate of drug-likeness (QED) is 0.502. The Morgan fingerprint density at radius 2 is 1.53 bits per heavy atom. The Kier molecular flexibility index (Phi) is 9.07. The van der Waals surface area contributed by atoms with Crippen molar-refractivity contribution in [3.63, 3.8) is 0 Å². The molecule has 17 heavy (non-hydrogen) atoms. The van der Waals surface area contributed by atoms with Crippen LogP contribution in [-0.4, -0.2) is 13.0 Å². The first-order chi connectivity index (χ1) is 8.43. The van der Waals surface area contributed by atoms with Gasteiger partial charge in [0.15, 0.2) is 0 Å². The number of hydrogen-bond donors (Lipinski definition) is 1. The molecular weight excluding hydrogens is 210 g/mol. The Hall–Kier alpha value is -0.530. The molecular formula is C15H29NO. The van der Waals surface area contributed by atoms with E-state index in [1.807, 2.05) is 0 Å². The second kappa shape index (κ2) is 10.6. The molecule has 0 saturated heterocycles. The molecule has 0 aliphatic heterocycles. The van der Waals surface area contributed by atoms with Crippen molar-refractivity contribution >= 4 is 6.41 Å². The van der Waals surface area contributed by atoms with Crippen molar-refractivity contribution in [3.8, 4) is 0 Å².